The number of aromatic nitrogens is 1. The van der Waals surface area contributed by atoms with Crippen LogP contribution in [0.25, 0.3) is 10.9 Å². The minimum atomic E-state index is -0.101. The SMILES string of the molecule is CC(=O)NCc1cc2cc(Cl)ccc2nc1N. The first-order valence-corrected chi connectivity index (χ1v) is 5.53. The molecule has 0 saturated carbocycles. The molecule has 1 aromatic carbocycles. The lowest BCUT2D eigenvalue weighted by Gasteiger charge is -2.07. The lowest BCUT2D eigenvalue weighted by molar-refractivity contribution is -0.119. The normalized spacial score (nSPS) is 10.5. The summed E-state index contributed by atoms with van der Waals surface area (Å²) in [6, 6.07) is 7.29. The third-order valence-corrected chi connectivity index (χ3v) is 2.65. The number of halogens is 1. The molecule has 2 aromatic rings. The van der Waals surface area contributed by atoms with Crippen LogP contribution in [0.5, 0.6) is 0 Å². The highest BCUT2D eigenvalue weighted by Crippen LogP contribution is 2.21. The quantitative estimate of drug-likeness (QED) is 0.857. The van der Waals surface area contributed by atoms with Crippen LogP contribution in [0.15, 0.2) is 24.3 Å². The molecule has 0 spiro atoms. The van der Waals surface area contributed by atoms with Gasteiger partial charge in [-0.15, -0.1) is 0 Å². The first kappa shape index (κ1) is 11.7. The number of nitrogens with two attached hydrogens (primary N) is 1. The van der Waals surface area contributed by atoms with E-state index in [1.54, 1.807) is 6.07 Å². The summed E-state index contributed by atoms with van der Waals surface area (Å²) in [7, 11) is 0. The van der Waals surface area contributed by atoms with Crippen molar-refractivity contribution >= 4 is 34.2 Å². The highest BCUT2D eigenvalue weighted by atomic mass is 35.5. The number of benzene rings is 1. The number of nitrogens with zero attached hydrogens (tertiary/aromatic N) is 1. The van der Waals surface area contributed by atoms with Gasteiger partial charge in [-0.1, -0.05) is 11.6 Å². The minimum Gasteiger partial charge on any atom is -0.383 e. The van der Waals surface area contributed by atoms with Crippen LogP contribution in [0.2, 0.25) is 5.02 Å². The number of carbonyl (C=O) groups excluding carboxylic acids is 1. The van der Waals surface area contributed by atoms with Gasteiger partial charge in [0.15, 0.2) is 0 Å². The van der Waals surface area contributed by atoms with Crippen molar-refractivity contribution in [2.75, 3.05) is 5.73 Å². The van der Waals surface area contributed by atoms with Crippen molar-refractivity contribution in [1.82, 2.24) is 10.3 Å². The van der Waals surface area contributed by atoms with Gasteiger partial charge < -0.3 is 11.1 Å². The van der Waals surface area contributed by atoms with Gasteiger partial charge >= 0.3 is 0 Å². The van der Waals surface area contributed by atoms with Crippen LogP contribution in [0.4, 0.5) is 5.82 Å². The smallest absolute Gasteiger partial charge is 0.217 e. The van der Waals surface area contributed by atoms with Crippen molar-refractivity contribution in [3.63, 3.8) is 0 Å². The molecular formula is C12H12ClN3O. The Labute approximate surface area is 104 Å². The number of pyridine rings is 1. The molecular weight excluding hydrogens is 238 g/mol. The average Bonchev–Trinajstić information content (AvgIpc) is 2.26. The Bertz CT molecular complexity index is 583. The number of rotatable bonds is 2. The van der Waals surface area contributed by atoms with E-state index >= 15 is 0 Å². The van der Waals surface area contributed by atoms with Gasteiger partial charge in [0.1, 0.15) is 5.82 Å². The van der Waals surface area contributed by atoms with E-state index in [4.69, 9.17) is 17.3 Å². The Morgan fingerprint density at radius 2 is 2.24 bits per heavy atom. The van der Waals surface area contributed by atoms with Gasteiger partial charge in [-0.25, -0.2) is 4.98 Å². The first-order valence-electron chi connectivity index (χ1n) is 5.15. The second kappa shape index (κ2) is 4.59. The Morgan fingerprint density at radius 1 is 1.47 bits per heavy atom. The number of nitrogens with one attached hydrogen (secondary N) is 1. The van der Waals surface area contributed by atoms with Crippen molar-refractivity contribution in [3.8, 4) is 0 Å². The van der Waals surface area contributed by atoms with Gasteiger partial charge in [0.2, 0.25) is 5.91 Å². The molecule has 3 N–H and O–H groups in total. The number of hydrogen-bond acceptors (Lipinski definition) is 3. The molecule has 0 saturated heterocycles. The maximum Gasteiger partial charge on any atom is 0.217 e. The fourth-order valence-corrected chi connectivity index (χ4v) is 1.75. The molecule has 0 radical (unpaired) electrons. The van der Waals surface area contributed by atoms with Crippen LogP contribution in [-0.4, -0.2) is 10.9 Å². The summed E-state index contributed by atoms with van der Waals surface area (Å²) >= 11 is 5.91. The summed E-state index contributed by atoms with van der Waals surface area (Å²) in [6.45, 7) is 1.83. The Balaban J connectivity index is 2.42. The fourth-order valence-electron chi connectivity index (χ4n) is 1.57. The molecule has 1 aromatic heterocycles. The molecule has 17 heavy (non-hydrogen) atoms. The second-order valence-electron chi connectivity index (χ2n) is 3.78. The molecule has 0 aliphatic heterocycles. The predicted octanol–water partition coefficient (Wildman–Crippen LogP) is 2.11. The standard InChI is InChI=1S/C12H12ClN3O/c1-7(17)15-6-9-4-8-5-10(13)2-3-11(8)16-12(9)14/h2-5H,6H2,1H3,(H2,14,16)(H,15,17). The van der Waals surface area contributed by atoms with Crippen LogP contribution >= 0.6 is 11.6 Å². The van der Waals surface area contributed by atoms with Crippen LogP contribution in [0, 0.1) is 0 Å². The van der Waals surface area contributed by atoms with E-state index in [0.717, 1.165) is 16.5 Å². The fraction of sp³-hybridized carbons (Fsp3) is 0.167. The maximum atomic E-state index is 10.9. The zero-order chi connectivity index (χ0) is 12.4. The molecule has 0 atom stereocenters. The van der Waals surface area contributed by atoms with Gasteiger partial charge in [-0.3, -0.25) is 4.79 Å². The van der Waals surface area contributed by atoms with Gasteiger partial charge in [0.25, 0.3) is 0 Å². The monoisotopic (exact) mass is 249 g/mol. The maximum absolute atomic E-state index is 10.9. The summed E-state index contributed by atoms with van der Waals surface area (Å²) in [6.07, 6.45) is 0. The molecule has 0 aliphatic carbocycles. The molecule has 0 unspecified atom stereocenters. The largest absolute Gasteiger partial charge is 0.383 e. The summed E-state index contributed by atoms with van der Waals surface area (Å²) in [5.74, 6) is 0.323. The van der Waals surface area contributed by atoms with Crippen LogP contribution in [0.3, 0.4) is 0 Å². The van der Waals surface area contributed by atoms with Crippen molar-refractivity contribution in [2.24, 2.45) is 0 Å². The summed E-state index contributed by atoms with van der Waals surface area (Å²) in [4.78, 5) is 15.1. The van der Waals surface area contributed by atoms with Gasteiger partial charge in [0.05, 0.1) is 5.52 Å². The van der Waals surface area contributed by atoms with Crippen molar-refractivity contribution in [3.05, 3.63) is 34.9 Å². The summed E-state index contributed by atoms with van der Waals surface area (Å²) in [5.41, 5.74) is 7.39. The van der Waals surface area contributed by atoms with Crippen LogP contribution < -0.4 is 11.1 Å². The molecule has 1 amide bonds. The lowest BCUT2D eigenvalue weighted by Crippen LogP contribution is -2.20. The van der Waals surface area contributed by atoms with E-state index in [1.807, 2.05) is 18.2 Å². The first-order chi connectivity index (χ1) is 8.06. The Morgan fingerprint density at radius 3 is 2.94 bits per heavy atom. The average molecular weight is 250 g/mol. The molecule has 4 nitrogen and oxygen atoms in total. The molecule has 0 bridgehead atoms. The van der Waals surface area contributed by atoms with E-state index in [1.165, 1.54) is 6.92 Å². The minimum absolute atomic E-state index is 0.101. The molecule has 5 heteroatoms. The van der Waals surface area contributed by atoms with E-state index in [2.05, 4.69) is 10.3 Å². The van der Waals surface area contributed by atoms with E-state index in [-0.39, 0.29) is 5.91 Å². The van der Waals surface area contributed by atoms with Gasteiger partial charge in [-0.2, -0.15) is 0 Å². The van der Waals surface area contributed by atoms with E-state index in [9.17, 15) is 4.79 Å². The number of anilines is 1. The van der Waals surface area contributed by atoms with Crippen LogP contribution in [0.1, 0.15) is 12.5 Å². The molecule has 0 fully saturated rings. The summed E-state index contributed by atoms with van der Waals surface area (Å²) < 4.78 is 0. The van der Waals surface area contributed by atoms with Crippen molar-refractivity contribution in [2.45, 2.75) is 13.5 Å². The molecule has 2 rings (SSSR count). The van der Waals surface area contributed by atoms with Crippen molar-refractivity contribution in [1.29, 1.82) is 0 Å². The van der Waals surface area contributed by atoms with Gasteiger partial charge in [-0.05, 0) is 24.3 Å². The number of fused-ring (bicyclic) bond motifs is 1. The highest BCUT2D eigenvalue weighted by Gasteiger charge is 2.05. The summed E-state index contributed by atoms with van der Waals surface area (Å²) in [5, 5.41) is 4.25. The predicted molar refractivity (Wildman–Crippen MR) is 68.7 cm³/mol. The number of amides is 1. The zero-order valence-corrected chi connectivity index (χ0v) is 10.1. The Hall–Kier alpha value is -1.81. The third-order valence-electron chi connectivity index (χ3n) is 2.42. The highest BCUT2D eigenvalue weighted by molar-refractivity contribution is 6.31. The second-order valence-corrected chi connectivity index (χ2v) is 4.22. The van der Waals surface area contributed by atoms with E-state index < -0.39 is 0 Å². The molecule has 88 valence electrons. The zero-order valence-electron chi connectivity index (χ0n) is 9.33. The van der Waals surface area contributed by atoms with Crippen molar-refractivity contribution < 1.29 is 4.79 Å². The molecule has 0 aliphatic rings. The molecule has 1 heterocycles. The van der Waals surface area contributed by atoms with Crippen LogP contribution in [-0.2, 0) is 11.3 Å². The van der Waals surface area contributed by atoms with E-state index in [0.29, 0.717) is 17.4 Å². The van der Waals surface area contributed by atoms with Gasteiger partial charge in [0, 0.05) is 29.4 Å². The Kier molecular flexibility index (Phi) is 3.15. The third kappa shape index (κ3) is 2.65. The number of hydrogen-bond donors (Lipinski definition) is 2. The number of carbonyl (C=O) groups is 1. The number of nitrogen functional groups attached to an aromatic ring is 1. The lowest BCUT2D eigenvalue weighted by atomic mass is 10.1. The topological polar surface area (TPSA) is 68.0 Å².